The highest BCUT2D eigenvalue weighted by molar-refractivity contribution is 6.06. The predicted molar refractivity (Wildman–Crippen MR) is 97.2 cm³/mol. The largest absolute Gasteiger partial charge is 0.496 e. The Hall–Kier alpha value is -3.34. The van der Waals surface area contributed by atoms with Crippen LogP contribution in [-0.2, 0) is 0 Å². The third-order valence-electron chi connectivity index (χ3n) is 3.75. The molecule has 0 spiro atoms. The Morgan fingerprint density at radius 3 is 2.36 bits per heavy atom. The van der Waals surface area contributed by atoms with Gasteiger partial charge in [0.15, 0.2) is 0 Å². The van der Waals surface area contributed by atoms with Crippen LogP contribution in [-0.4, -0.2) is 25.1 Å². The molecule has 3 aromatic rings. The molecule has 0 bridgehead atoms. The SMILES string of the molecule is COc1ccc(NC(=O)c2cc(-c3ccccc3)ccc2OC)cn1. The molecular formula is C20H18N2O3. The maximum absolute atomic E-state index is 12.7. The molecular weight excluding hydrogens is 316 g/mol. The Bertz CT molecular complexity index is 862. The molecule has 5 nitrogen and oxygen atoms in total. The molecule has 1 N–H and O–H groups in total. The monoisotopic (exact) mass is 334 g/mol. The molecule has 0 unspecified atom stereocenters. The number of ether oxygens (including phenoxy) is 2. The summed E-state index contributed by atoms with van der Waals surface area (Å²) in [6, 6.07) is 18.8. The van der Waals surface area contributed by atoms with E-state index in [1.807, 2.05) is 42.5 Å². The second kappa shape index (κ2) is 7.49. The van der Waals surface area contributed by atoms with Crippen LogP contribution in [0.3, 0.4) is 0 Å². The minimum Gasteiger partial charge on any atom is -0.496 e. The summed E-state index contributed by atoms with van der Waals surface area (Å²) in [7, 11) is 3.09. The van der Waals surface area contributed by atoms with Crippen molar-refractivity contribution in [2.45, 2.75) is 0 Å². The average molecular weight is 334 g/mol. The molecule has 3 rings (SSSR count). The van der Waals surface area contributed by atoms with Gasteiger partial charge in [-0.25, -0.2) is 4.98 Å². The molecule has 0 saturated carbocycles. The number of hydrogen-bond donors (Lipinski definition) is 1. The minimum absolute atomic E-state index is 0.262. The van der Waals surface area contributed by atoms with Gasteiger partial charge in [0.1, 0.15) is 5.75 Å². The maximum Gasteiger partial charge on any atom is 0.259 e. The van der Waals surface area contributed by atoms with Crippen molar-refractivity contribution >= 4 is 11.6 Å². The lowest BCUT2D eigenvalue weighted by Gasteiger charge is -2.11. The Kier molecular flexibility index (Phi) is 4.95. The fraction of sp³-hybridized carbons (Fsp3) is 0.100. The topological polar surface area (TPSA) is 60.5 Å². The summed E-state index contributed by atoms with van der Waals surface area (Å²) < 4.78 is 10.4. The first-order chi connectivity index (χ1) is 12.2. The number of aromatic nitrogens is 1. The zero-order chi connectivity index (χ0) is 17.6. The Morgan fingerprint density at radius 2 is 1.72 bits per heavy atom. The summed E-state index contributed by atoms with van der Waals surface area (Å²) in [6.07, 6.45) is 1.55. The first kappa shape index (κ1) is 16.5. The standard InChI is InChI=1S/C20H18N2O3/c1-24-18-10-8-15(14-6-4-3-5-7-14)12-17(18)20(23)22-16-9-11-19(25-2)21-13-16/h3-13H,1-2H3,(H,22,23). The lowest BCUT2D eigenvalue weighted by atomic mass is 10.0. The molecule has 0 fully saturated rings. The fourth-order valence-corrected chi connectivity index (χ4v) is 2.47. The van der Waals surface area contributed by atoms with E-state index in [1.165, 1.54) is 0 Å². The van der Waals surface area contributed by atoms with Crippen molar-refractivity contribution in [3.8, 4) is 22.8 Å². The number of rotatable bonds is 5. The zero-order valence-electron chi connectivity index (χ0n) is 14.0. The molecule has 0 aliphatic heterocycles. The summed E-state index contributed by atoms with van der Waals surface area (Å²) in [5.41, 5.74) is 3.02. The van der Waals surface area contributed by atoms with Crippen LogP contribution >= 0.6 is 0 Å². The van der Waals surface area contributed by atoms with E-state index in [1.54, 1.807) is 38.6 Å². The van der Waals surface area contributed by atoms with Crippen molar-refractivity contribution in [2.75, 3.05) is 19.5 Å². The first-order valence-corrected chi connectivity index (χ1v) is 7.76. The fourth-order valence-electron chi connectivity index (χ4n) is 2.47. The van der Waals surface area contributed by atoms with Gasteiger partial charge in [-0.15, -0.1) is 0 Å². The molecule has 0 aliphatic carbocycles. The van der Waals surface area contributed by atoms with Crippen LogP contribution in [0.15, 0.2) is 66.9 Å². The molecule has 1 amide bonds. The average Bonchev–Trinajstić information content (AvgIpc) is 2.68. The van der Waals surface area contributed by atoms with Crippen LogP contribution in [0, 0.1) is 0 Å². The van der Waals surface area contributed by atoms with Crippen molar-refractivity contribution in [3.63, 3.8) is 0 Å². The number of nitrogens with zero attached hydrogens (tertiary/aromatic N) is 1. The van der Waals surface area contributed by atoms with Crippen LogP contribution in [0.2, 0.25) is 0 Å². The lowest BCUT2D eigenvalue weighted by Crippen LogP contribution is -2.13. The van der Waals surface area contributed by atoms with Crippen LogP contribution in [0.4, 0.5) is 5.69 Å². The van der Waals surface area contributed by atoms with E-state index in [-0.39, 0.29) is 5.91 Å². The van der Waals surface area contributed by atoms with E-state index in [0.29, 0.717) is 22.9 Å². The number of hydrogen-bond acceptors (Lipinski definition) is 4. The van der Waals surface area contributed by atoms with Gasteiger partial charge in [-0.1, -0.05) is 36.4 Å². The van der Waals surface area contributed by atoms with E-state index >= 15 is 0 Å². The molecule has 25 heavy (non-hydrogen) atoms. The maximum atomic E-state index is 12.7. The molecule has 1 aromatic heterocycles. The first-order valence-electron chi connectivity index (χ1n) is 7.76. The van der Waals surface area contributed by atoms with E-state index < -0.39 is 0 Å². The Balaban J connectivity index is 1.89. The van der Waals surface area contributed by atoms with Crippen LogP contribution in [0.5, 0.6) is 11.6 Å². The van der Waals surface area contributed by atoms with Crippen molar-refractivity contribution in [2.24, 2.45) is 0 Å². The summed E-state index contributed by atoms with van der Waals surface area (Å²) in [5, 5.41) is 2.83. The number of anilines is 1. The highest BCUT2D eigenvalue weighted by atomic mass is 16.5. The van der Waals surface area contributed by atoms with Gasteiger partial charge in [-0.3, -0.25) is 4.79 Å². The third-order valence-corrected chi connectivity index (χ3v) is 3.75. The second-order valence-electron chi connectivity index (χ2n) is 5.32. The second-order valence-corrected chi connectivity index (χ2v) is 5.32. The minimum atomic E-state index is -0.262. The van der Waals surface area contributed by atoms with Gasteiger partial charge in [-0.05, 0) is 29.3 Å². The van der Waals surface area contributed by atoms with E-state index in [0.717, 1.165) is 11.1 Å². The van der Waals surface area contributed by atoms with Crippen molar-refractivity contribution < 1.29 is 14.3 Å². The number of carbonyl (C=O) groups excluding carboxylic acids is 1. The number of nitrogens with one attached hydrogen (secondary N) is 1. The van der Waals surface area contributed by atoms with Gasteiger partial charge in [0.05, 0.1) is 31.7 Å². The van der Waals surface area contributed by atoms with Crippen LogP contribution in [0.1, 0.15) is 10.4 Å². The number of pyridine rings is 1. The summed E-state index contributed by atoms with van der Waals surface area (Å²) in [4.78, 5) is 16.8. The smallest absolute Gasteiger partial charge is 0.259 e. The molecule has 1 heterocycles. The highest BCUT2D eigenvalue weighted by Gasteiger charge is 2.14. The molecule has 2 aromatic carbocycles. The van der Waals surface area contributed by atoms with Gasteiger partial charge in [-0.2, -0.15) is 0 Å². The zero-order valence-corrected chi connectivity index (χ0v) is 14.0. The number of amides is 1. The third kappa shape index (κ3) is 3.77. The Labute approximate surface area is 146 Å². The van der Waals surface area contributed by atoms with Crippen molar-refractivity contribution in [1.82, 2.24) is 4.98 Å². The summed E-state index contributed by atoms with van der Waals surface area (Å²) in [5.74, 6) is 0.738. The molecule has 5 heteroatoms. The quantitative estimate of drug-likeness (QED) is 0.765. The summed E-state index contributed by atoms with van der Waals surface area (Å²) >= 11 is 0. The van der Waals surface area contributed by atoms with E-state index in [4.69, 9.17) is 9.47 Å². The van der Waals surface area contributed by atoms with Gasteiger partial charge in [0.2, 0.25) is 5.88 Å². The predicted octanol–water partition coefficient (Wildman–Crippen LogP) is 4.02. The van der Waals surface area contributed by atoms with Crippen LogP contribution < -0.4 is 14.8 Å². The molecule has 0 saturated heterocycles. The normalized spacial score (nSPS) is 10.2. The summed E-state index contributed by atoms with van der Waals surface area (Å²) in [6.45, 7) is 0. The number of methoxy groups -OCH3 is 2. The van der Waals surface area contributed by atoms with Crippen LogP contribution in [0.25, 0.3) is 11.1 Å². The number of benzene rings is 2. The van der Waals surface area contributed by atoms with Gasteiger partial charge in [0.25, 0.3) is 5.91 Å². The van der Waals surface area contributed by atoms with E-state index in [2.05, 4.69) is 10.3 Å². The van der Waals surface area contributed by atoms with Gasteiger partial charge >= 0.3 is 0 Å². The molecule has 126 valence electrons. The van der Waals surface area contributed by atoms with Crippen molar-refractivity contribution in [3.05, 3.63) is 72.4 Å². The molecule has 0 atom stereocenters. The lowest BCUT2D eigenvalue weighted by molar-refractivity contribution is 0.102. The Morgan fingerprint density at radius 1 is 0.920 bits per heavy atom. The van der Waals surface area contributed by atoms with E-state index in [9.17, 15) is 4.79 Å². The highest BCUT2D eigenvalue weighted by Crippen LogP contribution is 2.27. The number of carbonyl (C=O) groups is 1. The molecule has 0 aliphatic rings. The van der Waals surface area contributed by atoms with Gasteiger partial charge in [0, 0.05) is 6.07 Å². The van der Waals surface area contributed by atoms with Gasteiger partial charge < -0.3 is 14.8 Å². The molecule has 0 radical (unpaired) electrons. The van der Waals surface area contributed by atoms with Crippen molar-refractivity contribution in [1.29, 1.82) is 0 Å².